The molecule has 1 aromatic heterocycles. The van der Waals surface area contributed by atoms with Gasteiger partial charge < -0.3 is 35.0 Å². The van der Waals surface area contributed by atoms with Gasteiger partial charge >= 0.3 is 0 Å². The van der Waals surface area contributed by atoms with Gasteiger partial charge in [-0.15, -0.1) is 0 Å². The fourth-order valence-corrected chi connectivity index (χ4v) is 3.47. The number of amides is 1. The number of nitrogens with one attached hydrogen (secondary N) is 2. The van der Waals surface area contributed by atoms with Crippen LogP contribution in [0, 0.1) is 5.82 Å². The molecule has 1 amide bonds. The molecule has 2 unspecified atom stereocenters. The van der Waals surface area contributed by atoms with Gasteiger partial charge in [-0.1, -0.05) is 12.1 Å². The van der Waals surface area contributed by atoms with Crippen molar-refractivity contribution in [2.75, 3.05) is 33.5 Å². The van der Waals surface area contributed by atoms with Gasteiger partial charge in [-0.25, -0.2) is 9.37 Å². The van der Waals surface area contributed by atoms with Gasteiger partial charge in [-0.3, -0.25) is 9.59 Å². The smallest absolute Gasteiger partial charge is 0.287 e. The Morgan fingerprint density at radius 1 is 1.26 bits per heavy atom. The number of aromatic nitrogens is 2. The Labute approximate surface area is 194 Å². The van der Waals surface area contributed by atoms with E-state index in [1.54, 1.807) is 25.3 Å². The van der Waals surface area contributed by atoms with Crippen LogP contribution in [-0.4, -0.2) is 61.6 Å². The van der Waals surface area contributed by atoms with Crippen molar-refractivity contribution in [3.63, 3.8) is 0 Å². The van der Waals surface area contributed by atoms with E-state index in [0.717, 1.165) is 11.6 Å². The molecule has 1 saturated heterocycles. The average Bonchev–Trinajstić information content (AvgIpc) is 2.87. The molecule has 1 aliphatic heterocycles. The minimum absolute atomic E-state index is 0.0322. The summed E-state index contributed by atoms with van der Waals surface area (Å²) in [7, 11) is 1.55. The van der Waals surface area contributed by atoms with Crippen LogP contribution in [0.25, 0.3) is 10.9 Å². The molecule has 0 aliphatic carbocycles. The molecule has 0 saturated carbocycles. The molecule has 34 heavy (non-hydrogen) atoms. The summed E-state index contributed by atoms with van der Waals surface area (Å²) in [6.45, 7) is 1.04. The molecule has 3 aromatic rings. The van der Waals surface area contributed by atoms with E-state index in [9.17, 15) is 14.0 Å². The standard InChI is InChI=1S/C23H25FN4O6/c1-31-14-4-2-3-13(7-14)9-26-23(30)21-27-18-6-5-17(24)20(19(18)22(29)28-21)34-12-16-11-32-15(8-25)10-33-16/h2-7,15-16H,8-12,25H2,1H3,(H,26,30)(H,27,28,29). The van der Waals surface area contributed by atoms with Crippen molar-refractivity contribution < 1.29 is 28.1 Å². The van der Waals surface area contributed by atoms with Crippen LogP contribution >= 0.6 is 0 Å². The van der Waals surface area contributed by atoms with E-state index in [0.29, 0.717) is 18.9 Å². The minimum atomic E-state index is -0.730. The van der Waals surface area contributed by atoms with Crippen LogP contribution in [0.3, 0.4) is 0 Å². The monoisotopic (exact) mass is 472 g/mol. The molecular weight excluding hydrogens is 447 g/mol. The van der Waals surface area contributed by atoms with Gasteiger partial charge in [0.15, 0.2) is 17.4 Å². The quantitative estimate of drug-likeness (QED) is 0.444. The molecule has 2 heterocycles. The second kappa shape index (κ2) is 10.6. The number of rotatable bonds is 8. The van der Waals surface area contributed by atoms with Gasteiger partial charge in [0.2, 0.25) is 0 Å². The Kier molecular flexibility index (Phi) is 7.36. The highest BCUT2D eigenvalue weighted by Gasteiger charge is 2.24. The number of carbonyl (C=O) groups is 1. The molecule has 0 radical (unpaired) electrons. The topological polar surface area (TPSA) is 138 Å². The maximum atomic E-state index is 14.5. The summed E-state index contributed by atoms with van der Waals surface area (Å²) in [4.78, 5) is 31.9. The lowest BCUT2D eigenvalue weighted by Gasteiger charge is -2.28. The summed E-state index contributed by atoms with van der Waals surface area (Å²) in [5.41, 5.74) is 5.77. The lowest BCUT2D eigenvalue weighted by atomic mass is 10.2. The predicted octanol–water partition coefficient (Wildman–Crippen LogP) is 1.12. The van der Waals surface area contributed by atoms with E-state index in [2.05, 4.69) is 15.3 Å². The van der Waals surface area contributed by atoms with E-state index in [4.69, 9.17) is 24.7 Å². The SMILES string of the molecule is COc1cccc(CNC(=O)c2nc3ccc(F)c(OCC4COC(CN)CO4)c3c(=O)[nH]2)c1. The van der Waals surface area contributed by atoms with Gasteiger partial charge in [-0.05, 0) is 29.8 Å². The van der Waals surface area contributed by atoms with Gasteiger partial charge in [-0.2, -0.15) is 0 Å². The third-order valence-corrected chi connectivity index (χ3v) is 5.29. The number of carbonyl (C=O) groups excluding carboxylic acids is 1. The largest absolute Gasteiger partial charge is 0.497 e. The van der Waals surface area contributed by atoms with Crippen LogP contribution in [0.15, 0.2) is 41.2 Å². The molecule has 4 N–H and O–H groups in total. The average molecular weight is 472 g/mol. The maximum Gasteiger partial charge on any atom is 0.287 e. The van der Waals surface area contributed by atoms with E-state index >= 15 is 0 Å². The number of H-pyrrole nitrogens is 1. The Morgan fingerprint density at radius 2 is 2.06 bits per heavy atom. The van der Waals surface area contributed by atoms with E-state index in [1.807, 2.05) is 6.07 Å². The van der Waals surface area contributed by atoms with Gasteiger partial charge in [0.1, 0.15) is 23.8 Å². The Bertz CT molecular complexity index is 1230. The summed E-state index contributed by atoms with van der Waals surface area (Å²) in [6.07, 6.45) is -0.628. The van der Waals surface area contributed by atoms with Crippen LogP contribution < -0.4 is 26.1 Å². The number of nitrogens with two attached hydrogens (primary N) is 1. The molecule has 10 nitrogen and oxygen atoms in total. The third-order valence-electron chi connectivity index (χ3n) is 5.29. The molecule has 4 rings (SSSR count). The summed E-state index contributed by atoms with van der Waals surface area (Å²) < 4.78 is 36.4. The minimum Gasteiger partial charge on any atom is -0.497 e. The lowest BCUT2D eigenvalue weighted by Crippen LogP contribution is -2.42. The maximum absolute atomic E-state index is 14.5. The summed E-state index contributed by atoms with van der Waals surface area (Å²) >= 11 is 0. The summed E-state index contributed by atoms with van der Waals surface area (Å²) in [5, 5.41) is 2.59. The van der Waals surface area contributed by atoms with Crippen LogP contribution in [0.5, 0.6) is 11.5 Å². The lowest BCUT2D eigenvalue weighted by molar-refractivity contribution is -0.138. The molecule has 0 spiro atoms. The fraction of sp³-hybridized carbons (Fsp3) is 0.348. The number of nitrogens with zero attached hydrogens (tertiary/aromatic N) is 1. The van der Waals surface area contributed by atoms with E-state index in [-0.39, 0.29) is 48.3 Å². The number of ether oxygens (including phenoxy) is 4. The molecule has 180 valence electrons. The first-order valence-electron chi connectivity index (χ1n) is 10.7. The Morgan fingerprint density at radius 3 is 2.79 bits per heavy atom. The zero-order valence-electron chi connectivity index (χ0n) is 18.5. The number of hydrogen-bond donors (Lipinski definition) is 3. The Hall–Kier alpha value is -3.54. The summed E-state index contributed by atoms with van der Waals surface area (Å²) in [6, 6.07) is 9.64. The highest BCUT2D eigenvalue weighted by Crippen LogP contribution is 2.26. The molecule has 2 atom stereocenters. The number of hydrogen-bond acceptors (Lipinski definition) is 8. The number of methoxy groups -OCH3 is 1. The number of benzene rings is 2. The van der Waals surface area contributed by atoms with Gasteiger partial charge in [0.25, 0.3) is 11.5 Å². The highest BCUT2D eigenvalue weighted by atomic mass is 19.1. The third kappa shape index (κ3) is 5.33. The number of halogens is 1. The molecular formula is C23H25FN4O6. The summed E-state index contributed by atoms with van der Waals surface area (Å²) in [5.74, 6) is -1.13. The second-order valence-corrected chi connectivity index (χ2v) is 7.68. The Balaban J connectivity index is 1.49. The van der Waals surface area contributed by atoms with Crippen LogP contribution in [-0.2, 0) is 16.0 Å². The predicted molar refractivity (Wildman–Crippen MR) is 121 cm³/mol. The molecule has 11 heteroatoms. The normalized spacial score (nSPS) is 18.0. The molecule has 1 fully saturated rings. The molecule has 0 bridgehead atoms. The van der Waals surface area contributed by atoms with Crippen molar-refractivity contribution in [1.29, 1.82) is 0 Å². The van der Waals surface area contributed by atoms with Gasteiger partial charge in [0, 0.05) is 13.1 Å². The first-order valence-corrected chi connectivity index (χ1v) is 10.7. The van der Waals surface area contributed by atoms with E-state index < -0.39 is 23.4 Å². The van der Waals surface area contributed by atoms with Crippen molar-refractivity contribution in [3.8, 4) is 11.5 Å². The van der Waals surface area contributed by atoms with Crippen molar-refractivity contribution in [2.24, 2.45) is 5.73 Å². The number of fused-ring (bicyclic) bond motifs is 1. The van der Waals surface area contributed by atoms with E-state index in [1.165, 1.54) is 6.07 Å². The highest BCUT2D eigenvalue weighted by molar-refractivity contribution is 5.93. The van der Waals surface area contributed by atoms with Gasteiger partial charge in [0.05, 0.1) is 31.9 Å². The van der Waals surface area contributed by atoms with Crippen LogP contribution in [0.1, 0.15) is 16.2 Å². The fourth-order valence-electron chi connectivity index (χ4n) is 3.47. The number of aromatic amines is 1. The molecule has 2 aromatic carbocycles. The first kappa shape index (κ1) is 23.6. The van der Waals surface area contributed by atoms with Crippen LogP contribution in [0.4, 0.5) is 4.39 Å². The zero-order chi connectivity index (χ0) is 24.1. The van der Waals surface area contributed by atoms with Crippen molar-refractivity contribution >= 4 is 16.8 Å². The second-order valence-electron chi connectivity index (χ2n) is 7.68. The zero-order valence-corrected chi connectivity index (χ0v) is 18.5. The van der Waals surface area contributed by atoms with Crippen molar-refractivity contribution in [3.05, 3.63) is 64.0 Å². The molecule has 1 aliphatic rings. The van der Waals surface area contributed by atoms with Crippen molar-refractivity contribution in [1.82, 2.24) is 15.3 Å². The first-order chi connectivity index (χ1) is 16.5. The van der Waals surface area contributed by atoms with Crippen molar-refractivity contribution in [2.45, 2.75) is 18.8 Å². The van der Waals surface area contributed by atoms with Crippen LogP contribution in [0.2, 0.25) is 0 Å².